The fourth-order valence-electron chi connectivity index (χ4n) is 1.39. The van der Waals surface area contributed by atoms with E-state index in [4.69, 9.17) is 10.8 Å². The van der Waals surface area contributed by atoms with Gasteiger partial charge in [-0.05, 0) is 18.2 Å². The number of benzene rings is 1. The van der Waals surface area contributed by atoms with Crippen LogP contribution in [0.2, 0.25) is 0 Å². The van der Waals surface area contributed by atoms with Crippen molar-refractivity contribution in [3.8, 4) is 5.69 Å². The van der Waals surface area contributed by atoms with E-state index in [0.29, 0.717) is 0 Å². The van der Waals surface area contributed by atoms with Crippen molar-refractivity contribution < 1.29 is 23.1 Å². The van der Waals surface area contributed by atoms with E-state index in [1.807, 2.05) is 0 Å². The van der Waals surface area contributed by atoms with Crippen molar-refractivity contribution in [1.29, 1.82) is 0 Å². The number of carbonyl (C=O) groups is 1. The van der Waals surface area contributed by atoms with Gasteiger partial charge in [-0.25, -0.2) is 4.79 Å². The van der Waals surface area contributed by atoms with Gasteiger partial charge in [0.15, 0.2) is 5.82 Å². The Bertz CT molecular complexity index is 636. The monoisotopic (exact) mass is 272 g/mol. The Morgan fingerprint density at radius 1 is 1.32 bits per heavy atom. The highest BCUT2D eigenvalue weighted by Crippen LogP contribution is 2.30. The number of anilines is 1. The molecule has 0 unspecified atom stereocenters. The predicted molar refractivity (Wildman–Crippen MR) is 57.7 cm³/mol. The highest BCUT2D eigenvalue weighted by molar-refractivity contribution is 5.90. The molecule has 100 valence electrons. The molecule has 0 fully saturated rings. The SMILES string of the molecule is Nc1nn(-c2cccc(C(F)(F)F)c2)nc1C(=O)O. The molecule has 0 bridgehead atoms. The molecule has 0 amide bonds. The third-order valence-electron chi connectivity index (χ3n) is 2.25. The standard InChI is InChI=1S/C10H7F3N4O2/c11-10(12,13)5-2-1-3-6(4-5)17-15-7(9(18)19)8(14)16-17/h1-4H,(H2,14,16)(H,18,19). The number of carboxylic acids is 1. The van der Waals surface area contributed by atoms with E-state index in [9.17, 15) is 18.0 Å². The molecule has 9 heteroatoms. The van der Waals surface area contributed by atoms with Crippen LogP contribution in [0.3, 0.4) is 0 Å². The van der Waals surface area contributed by atoms with Gasteiger partial charge in [-0.2, -0.15) is 13.2 Å². The van der Waals surface area contributed by atoms with Crippen molar-refractivity contribution in [3.05, 3.63) is 35.5 Å². The molecule has 19 heavy (non-hydrogen) atoms. The number of rotatable bonds is 2. The molecule has 3 N–H and O–H groups in total. The van der Waals surface area contributed by atoms with Gasteiger partial charge in [0.1, 0.15) is 0 Å². The lowest BCUT2D eigenvalue weighted by Crippen LogP contribution is -2.07. The maximum absolute atomic E-state index is 12.5. The molecule has 1 aromatic heterocycles. The van der Waals surface area contributed by atoms with E-state index in [2.05, 4.69) is 10.2 Å². The van der Waals surface area contributed by atoms with Gasteiger partial charge in [-0.15, -0.1) is 15.0 Å². The average molecular weight is 272 g/mol. The maximum Gasteiger partial charge on any atom is 0.416 e. The number of halogens is 3. The Balaban J connectivity index is 2.48. The second-order valence-electron chi connectivity index (χ2n) is 3.58. The van der Waals surface area contributed by atoms with Crippen molar-refractivity contribution in [2.45, 2.75) is 6.18 Å². The minimum atomic E-state index is -4.51. The Morgan fingerprint density at radius 3 is 2.53 bits per heavy atom. The molecule has 0 radical (unpaired) electrons. The van der Waals surface area contributed by atoms with Gasteiger partial charge >= 0.3 is 12.1 Å². The molecule has 1 aromatic carbocycles. The molecule has 2 rings (SSSR count). The third-order valence-corrected chi connectivity index (χ3v) is 2.25. The first-order chi connectivity index (χ1) is 8.79. The normalized spacial score (nSPS) is 11.5. The molecule has 0 aliphatic heterocycles. The third kappa shape index (κ3) is 2.49. The number of carboxylic acid groups (broad SMARTS) is 1. The molecular weight excluding hydrogens is 265 g/mol. The van der Waals surface area contributed by atoms with Crippen LogP contribution in [0.5, 0.6) is 0 Å². The number of alkyl halides is 3. The van der Waals surface area contributed by atoms with E-state index in [1.165, 1.54) is 6.07 Å². The second kappa shape index (κ2) is 4.26. The summed E-state index contributed by atoms with van der Waals surface area (Å²) in [6, 6.07) is 4.15. The molecule has 0 saturated heterocycles. The summed E-state index contributed by atoms with van der Waals surface area (Å²) in [7, 11) is 0. The maximum atomic E-state index is 12.5. The summed E-state index contributed by atoms with van der Waals surface area (Å²) in [5.41, 5.74) is 3.87. The highest BCUT2D eigenvalue weighted by atomic mass is 19.4. The van der Waals surface area contributed by atoms with E-state index >= 15 is 0 Å². The lowest BCUT2D eigenvalue weighted by molar-refractivity contribution is -0.137. The molecule has 1 heterocycles. The van der Waals surface area contributed by atoms with Crippen molar-refractivity contribution in [2.75, 3.05) is 5.73 Å². The summed E-state index contributed by atoms with van der Waals surface area (Å²) in [5.74, 6) is -1.78. The first-order valence-corrected chi connectivity index (χ1v) is 4.93. The van der Waals surface area contributed by atoms with E-state index in [0.717, 1.165) is 23.0 Å². The lowest BCUT2D eigenvalue weighted by Gasteiger charge is -2.07. The highest BCUT2D eigenvalue weighted by Gasteiger charge is 2.30. The molecular formula is C10H7F3N4O2. The van der Waals surface area contributed by atoms with E-state index in [-0.39, 0.29) is 11.5 Å². The Labute approximate surface area is 104 Å². The summed E-state index contributed by atoms with van der Waals surface area (Å²) in [6.07, 6.45) is -4.51. The smallest absolute Gasteiger partial charge is 0.416 e. The summed E-state index contributed by atoms with van der Waals surface area (Å²) in [6.45, 7) is 0. The molecule has 0 aliphatic rings. The fourth-order valence-corrected chi connectivity index (χ4v) is 1.39. The van der Waals surface area contributed by atoms with E-state index in [1.54, 1.807) is 0 Å². The van der Waals surface area contributed by atoms with Crippen LogP contribution in [0, 0.1) is 0 Å². The van der Waals surface area contributed by atoms with Gasteiger partial charge in [0, 0.05) is 0 Å². The first kappa shape index (κ1) is 12.9. The Kier molecular flexibility index (Phi) is 2.89. The Hall–Kier alpha value is -2.58. The number of hydrogen-bond donors (Lipinski definition) is 2. The minimum Gasteiger partial charge on any atom is -0.476 e. The van der Waals surface area contributed by atoms with Crippen LogP contribution in [0.25, 0.3) is 5.69 Å². The average Bonchev–Trinajstić information content (AvgIpc) is 2.70. The zero-order chi connectivity index (χ0) is 14.2. The number of nitrogen functional groups attached to an aromatic ring is 1. The van der Waals surface area contributed by atoms with Gasteiger partial charge in [0.2, 0.25) is 5.69 Å². The van der Waals surface area contributed by atoms with Crippen LogP contribution in [0.15, 0.2) is 24.3 Å². The van der Waals surface area contributed by atoms with Crippen LogP contribution in [-0.2, 0) is 6.18 Å². The largest absolute Gasteiger partial charge is 0.476 e. The molecule has 6 nitrogen and oxygen atoms in total. The fraction of sp³-hybridized carbons (Fsp3) is 0.100. The van der Waals surface area contributed by atoms with Crippen LogP contribution in [0.1, 0.15) is 16.1 Å². The van der Waals surface area contributed by atoms with E-state index < -0.39 is 23.4 Å². The summed E-state index contributed by atoms with van der Waals surface area (Å²) in [5, 5.41) is 15.8. The first-order valence-electron chi connectivity index (χ1n) is 4.93. The Morgan fingerprint density at radius 2 is 2.00 bits per heavy atom. The molecule has 0 aliphatic carbocycles. The van der Waals surface area contributed by atoms with Crippen molar-refractivity contribution in [1.82, 2.24) is 15.0 Å². The minimum absolute atomic E-state index is 0.0333. The second-order valence-corrected chi connectivity index (χ2v) is 3.58. The molecule has 0 spiro atoms. The van der Waals surface area contributed by atoms with Crippen LogP contribution in [0.4, 0.5) is 19.0 Å². The van der Waals surface area contributed by atoms with Crippen LogP contribution in [-0.4, -0.2) is 26.1 Å². The van der Waals surface area contributed by atoms with Gasteiger partial charge < -0.3 is 10.8 Å². The number of nitrogens with two attached hydrogens (primary N) is 1. The quantitative estimate of drug-likeness (QED) is 0.865. The van der Waals surface area contributed by atoms with Crippen LogP contribution < -0.4 is 5.73 Å². The van der Waals surface area contributed by atoms with Gasteiger partial charge in [0.25, 0.3) is 0 Å². The number of hydrogen-bond acceptors (Lipinski definition) is 4. The predicted octanol–water partition coefficient (Wildman–Crippen LogP) is 1.57. The summed E-state index contributed by atoms with van der Waals surface area (Å²) in [4.78, 5) is 11.5. The van der Waals surface area contributed by atoms with Gasteiger partial charge in [0.05, 0.1) is 11.3 Å². The topological polar surface area (TPSA) is 94.0 Å². The van der Waals surface area contributed by atoms with Crippen molar-refractivity contribution >= 4 is 11.8 Å². The van der Waals surface area contributed by atoms with Crippen LogP contribution >= 0.6 is 0 Å². The number of aromatic carboxylic acids is 1. The number of nitrogens with zero attached hydrogens (tertiary/aromatic N) is 3. The summed E-state index contributed by atoms with van der Waals surface area (Å²) >= 11 is 0. The molecule has 0 atom stereocenters. The van der Waals surface area contributed by atoms with Crippen molar-refractivity contribution in [2.24, 2.45) is 0 Å². The zero-order valence-corrected chi connectivity index (χ0v) is 9.22. The molecule has 0 saturated carbocycles. The number of aromatic nitrogens is 3. The molecule has 2 aromatic rings. The summed E-state index contributed by atoms with van der Waals surface area (Å²) < 4.78 is 37.6. The van der Waals surface area contributed by atoms with Crippen molar-refractivity contribution in [3.63, 3.8) is 0 Å². The lowest BCUT2D eigenvalue weighted by atomic mass is 10.2. The van der Waals surface area contributed by atoms with Gasteiger partial charge in [-0.3, -0.25) is 0 Å². The zero-order valence-electron chi connectivity index (χ0n) is 9.22. The van der Waals surface area contributed by atoms with Gasteiger partial charge in [-0.1, -0.05) is 6.07 Å².